The van der Waals surface area contributed by atoms with Gasteiger partial charge in [0.25, 0.3) is 0 Å². The average Bonchev–Trinajstić information content (AvgIpc) is 3.27. The SMILES string of the molecule is Cc1ccc(CN2C[C@@H](C(=O)NC[C@@H](c3ccco3)N(C)C)CC2=O)cc1. The van der Waals surface area contributed by atoms with E-state index < -0.39 is 0 Å². The third kappa shape index (κ3) is 4.77. The molecule has 144 valence electrons. The standard InChI is InChI=1S/C21H27N3O3/c1-15-6-8-16(9-7-15)13-24-14-17(11-20(24)25)21(26)22-12-18(23(2)3)19-5-4-10-27-19/h4-10,17-18H,11-14H2,1-3H3,(H,22,26)/t17-,18-/m0/s1. The highest BCUT2D eigenvalue weighted by atomic mass is 16.3. The van der Waals surface area contributed by atoms with Crippen LogP contribution in [0.3, 0.4) is 0 Å². The highest BCUT2D eigenvalue weighted by Gasteiger charge is 2.34. The molecule has 0 bridgehead atoms. The van der Waals surface area contributed by atoms with Crippen molar-refractivity contribution >= 4 is 11.8 Å². The molecule has 6 heteroatoms. The molecule has 1 aliphatic rings. The van der Waals surface area contributed by atoms with Crippen LogP contribution in [-0.2, 0) is 16.1 Å². The summed E-state index contributed by atoms with van der Waals surface area (Å²) >= 11 is 0. The van der Waals surface area contributed by atoms with Crippen molar-refractivity contribution in [1.82, 2.24) is 15.1 Å². The summed E-state index contributed by atoms with van der Waals surface area (Å²) in [6.07, 6.45) is 1.90. The van der Waals surface area contributed by atoms with Gasteiger partial charge in [-0.1, -0.05) is 29.8 Å². The van der Waals surface area contributed by atoms with Crippen LogP contribution in [0.25, 0.3) is 0 Å². The minimum absolute atomic E-state index is 0.0333. The first-order valence-corrected chi connectivity index (χ1v) is 9.25. The van der Waals surface area contributed by atoms with Gasteiger partial charge in [-0.25, -0.2) is 0 Å². The van der Waals surface area contributed by atoms with E-state index in [1.807, 2.05) is 62.3 Å². The number of likely N-dealkylation sites (N-methyl/N-ethyl adjacent to an activating group) is 1. The number of benzene rings is 1. The topological polar surface area (TPSA) is 65.8 Å². The second-order valence-electron chi connectivity index (χ2n) is 7.40. The number of nitrogens with zero attached hydrogens (tertiary/aromatic N) is 2. The van der Waals surface area contributed by atoms with E-state index in [9.17, 15) is 9.59 Å². The summed E-state index contributed by atoms with van der Waals surface area (Å²) in [6.45, 7) is 3.50. The van der Waals surface area contributed by atoms with Crippen LogP contribution in [0.15, 0.2) is 47.1 Å². The van der Waals surface area contributed by atoms with Gasteiger partial charge in [-0.05, 0) is 38.7 Å². The van der Waals surface area contributed by atoms with Crippen molar-refractivity contribution in [2.75, 3.05) is 27.2 Å². The molecule has 1 fully saturated rings. The second-order valence-corrected chi connectivity index (χ2v) is 7.40. The van der Waals surface area contributed by atoms with Crippen molar-refractivity contribution in [3.8, 4) is 0 Å². The molecule has 0 aliphatic carbocycles. The third-order valence-corrected chi connectivity index (χ3v) is 5.04. The summed E-state index contributed by atoms with van der Waals surface area (Å²) in [5.41, 5.74) is 2.27. The quantitative estimate of drug-likeness (QED) is 0.814. The number of rotatable bonds is 7. The lowest BCUT2D eigenvalue weighted by Crippen LogP contribution is -2.38. The number of furan rings is 1. The summed E-state index contributed by atoms with van der Waals surface area (Å²) in [5, 5.41) is 2.99. The van der Waals surface area contributed by atoms with Crippen molar-refractivity contribution in [2.45, 2.75) is 25.9 Å². The Kier molecular flexibility index (Phi) is 5.96. The zero-order valence-electron chi connectivity index (χ0n) is 16.1. The average molecular weight is 369 g/mol. The van der Waals surface area contributed by atoms with Crippen molar-refractivity contribution in [1.29, 1.82) is 0 Å². The van der Waals surface area contributed by atoms with Crippen molar-refractivity contribution in [3.63, 3.8) is 0 Å². The van der Waals surface area contributed by atoms with Crippen LogP contribution < -0.4 is 5.32 Å². The molecular formula is C21H27N3O3. The molecule has 6 nitrogen and oxygen atoms in total. The number of likely N-dealkylation sites (tertiary alicyclic amines) is 1. The smallest absolute Gasteiger partial charge is 0.225 e. The third-order valence-electron chi connectivity index (χ3n) is 5.04. The minimum atomic E-state index is -0.303. The van der Waals surface area contributed by atoms with Gasteiger partial charge in [0, 0.05) is 26.1 Å². The molecule has 1 aliphatic heterocycles. The van der Waals surface area contributed by atoms with Gasteiger partial charge in [0.2, 0.25) is 11.8 Å². The molecule has 1 aromatic carbocycles. The van der Waals surface area contributed by atoms with Gasteiger partial charge >= 0.3 is 0 Å². The van der Waals surface area contributed by atoms with E-state index in [0.717, 1.165) is 11.3 Å². The summed E-state index contributed by atoms with van der Waals surface area (Å²) in [6, 6.07) is 11.8. The summed E-state index contributed by atoms with van der Waals surface area (Å²) in [4.78, 5) is 28.7. The first-order chi connectivity index (χ1) is 12.9. The number of hydrogen-bond acceptors (Lipinski definition) is 4. The first kappa shape index (κ1) is 19.2. The van der Waals surface area contributed by atoms with Crippen LogP contribution >= 0.6 is 0 Å². The number of hydrogen-bond donors (Lipinski definition) is 1. The van der Waals surface area contributed by atoms with Gasteiger partial charge in [-0.3, -0.25) is 14.5 Å². The van der Waals surface area contributed by atoms with Crippen molar-refractivity contribution in [2.24, 2.45) is 5.92 Å². The van der Waals surface area contributed by atoms with E-state index in [4.69, 9.17) is 4.42 Å². The summed E-state index contributed by atoms with van der Waals surface area (Å²) in [5.74, 6) is 0.463. The fourth-order valence-electron chi connectivity index (χ4n) is 3.37. The lowest BCUT2D eigenvalue weighted by Gasteiger charge is -2.23. The molecule has 2 heterocycles. The Hall–Kier alpha value is -2.60. The lowest BCUT2D eigenvalue weighted by molar-refractivity contribution is -0.129. The number of amides is 2. The molecule has 0 radical (unpaired) electrons. The fourth-order valence-corrected chi connectivity index (χ4v) is 3.37. The van der Waals surface area contributed by atoms with Crippen LogP contribution in [0.1, 0.15) is 29.3 Å². The van der Waals surface area contributed by atoms with E-state index >= 15 is 0 Å². The highest BCUT2D eigenvalue weighted by Crippen LogP contribution is 2.22. The van der Waals surface area contributed by atoms with E-state index in [0.29, 0.717) is 19.6 Å². The molecular weight excluding hydrogens is 342 g/mol. The predicted molar refractivity (Wildman–Crippen MR) is 103 cm³/mol. The first-order valence-electron chi connectivity index (χ1n) is 9.25. The lowest BCUT2D eigenvalue weighted by atomic mass is 10.1. The summed E-state index contributed by atoms with van der Waals surface area (Å²) < 4.78 is 5.47. The molecule has 0 saturated carbocycles. The largest absolute Gasteiger partial charge is 0.468 e. The van der Waals surface area contributed by atoms with Gasteiger partial charge in [-0.2, -0.15) is 0 Å². The highest BCUT2D eigenvalue weighted by molar-refractivity contribution is 5.89. The molecule has 2 aromatic rings. The van der Waals surface area contributed by atoms with Gasteiger partial charge in [0.05, 0.1) is 18.2 Å². The maximum absolute atomic E-state index is 12.6. The molecule has 27 heavy (non-hydrogen) atoms. The van der Waals surface area contributed by atoms with Crippen LogP contribution in [0.5, 0.6) is 0 Å². The van der Waals surface area contributed by atoms with Gasteiger partial charge < -0.3 is 14.6 Å². The van der Waals surface area contributed by atoms with Gasteiger partial charge in [-0.15, -0.1) is 0 Å². The molecule has 1 saturated heterocycles. The van der Waals surface area contributed by atoms with E-state index in [1.54, 1.807) is 11.2 Å². The Morgan fingerprint density at radius 3 is 2.67 bits per heavy atom. The number of nitrogens with one attached hydrogen (secondary N) is 1. The number of carbonyl (C=O) groups excluding carboxylic acids is 2. The number of carbonyl (C=O) groups is 2. The minimum Gasteiger partial charge on any atom is -0.468 e. The molecule has 3 rings (SSSR count). The normalized spacial score (nSPS) is 18.1. The van der Waals surface area contributed by atoms with Gasteiger partial charge in [0.1, 0.15) is 5.76 Å². The van der Waals surface area contributed by atoms with E-state index in [1.165, 1.54) is 5.56 Å². The molecule has 1 aromatic heterocycles. The Bertz CT molecular complexity index is 768. The number of aryl methyl sites for hydroxylation is 1. The van der Waals surface area contributed by atoms with Crippen molar-refractivity contribution in [3.05, 3.63) is 59.5 Å². The Labute approximate surface area is 160 Å². The van der Waals surface area contributed by atoms with Crippen LogP contribution in [0.2, 0.25) is 0 Å². The maximum atomic E-state index is 12.6. The Morgan fingerprint density at radius 1 is 1.30 bits per heavy atom. The predicted octanol–water partition coefficient (Wildman–Crippen LogP) is 2.36. The van der Waals surface area contributed by atoms with Crippen molar-refractivity contribution < 1.29 is 14.0 Å². The summed E-state index contributed by atoms with van der Waals surface area (Å²) in [7, 11) is 3.89. The Morgan fingerprint density at radius 2 is 2.04 bits per heavy atom. The van der Waals surface area contributed by atoms with Crippen LogP contribution in [0, 0.1) is 12.8 Å². The monoisotopic (exact) mass is 369 g/mol. The zero-order valence-corrected chi connectivity index (χ0v) is 16.1. The molecule has 2 atom stereocenters. The molecule has 1 N–H and O–H groups in total. The van der Waals surface area contributed by atoms with E-state index in [2.05, 4.69) is 5.32 Å². The maximum Gasteiger partial charge on any atom is 0.225 e. The van der Waals surface area contributed by atoms with Crippen LogP contribution in [0.4, 0.5) is 0 Å². The molecule has 2 amide bonds. The Balaban J connectivity index is 1.54. The second kappa shape index (κ2) is 8.39. The van der Waals surface area contributed by atoms with E-state index in [-0.39, 0.29) is 30.2 Å². The zero-order chi connectivity index (χ0) is 19.4. The van der Waals surface area contributed by atoms with Gasteiger partial charge in [0.15, 0.2) is 0 Å². The fraction of sp³-hybridized carbons (Fsp3) is 0.429. The molecule has 0 spiro atoms. The molecule has 0 unspecified atom stereocenters. The van der Waals surface area contributed by atoms with Crippen LogP contribution in [-0.4, -0.2) is 48.8 Å².